The number of rotatable bonds is 6. The summed E-state index contributed by atoms with van der Waals surface area (Å²) in [5, 5.41) is 6.85. The Morgan fingerprint density at radius 3 is 2.82 bits per heavy atom. The summed E-state index contributed by atoms with van der Waals surface area (Å²) in [6.45, 7) is 4.38. The van der Waals surface area contributed by atoms with E-state index in [0.29, 0.717) is 18.8 Å². The summed E-state index contributed by atoms with van der Waals surface area (Å²) < 4.78 is 8.24. The number of nitrogens with one attached hydrogen (secondary N) is 1. The van der Waals surface area contributed by atoms with Gasteiger partial charge >= 0.3 is 0 Å². The van der Waals surface area contributed by atoms with Crippen molar-refractivity contribution in [2.75, 3.05) is 13.7 Å². The van der Waals surface area contributed by atoms with Crippen LogP contribution in [0.2, 0.25) is 0 Å². The Morgan fingerprint density at radius 1 is 1.45 bits per heavy atom. The van der Waals surface area contributed by atoms with Crippen LogP contribution >= 0.6 is 0 Å². The van der Waals surface area contributed by atoms with Gasteiger partial charge in [-0.05, 0) is 26.0 Å². The van der Waals surface area contributed by atoms with Crippen molar-refractivity contribution in [2.24, 2.45) is 0 Å². The highest BCUT2D eigenvalue weighted by molar-refractivity contribution is 5.79. The van der Waals surface area contributed by atoms with Crippen LogP contribution in [0, 0.1) is 6.92 Å². The zero-order valence-electron chi connectivity index (χ0n) is 12.9. The Bertz CT molecular complexity index is 691. The number of carbonyl (C=O) groups is 1. The van der Waals surface area contributed by atoms with Crippen molar-refractivity contribution in [1.82, 2.24) is 19.7 Å². The molecule has 1 unspecified atom stereocenters. The van der Waals surface area contributed by atoms with E-state index in [1.54, 1.807) is 40.7 Å². The van der Waals surface area contributed by atoms with Gasteiger partial charge < -0.3 is 14.6 Å². The van der Waals surface area contributed by atoms with Gasteiger partial charge in [0, 0.05) is 37.2 Å². The molecule has 1 atom stereocenters. The summed E-state index contributed by atoms with van der Waals surface area (Å²) in [6, 6.07) is 4.60. The van der Waals surface area contributed by atoms with E-state index < -0.39 is 0 Å². The van der Waals surface area contributed by atoms with Crippen molar-refractivity contribution >= 4 is 5.91 Å². The molecule has 7 heteroatoms. The van der Waals surface area contributed by atoms with Gasteiger partial charge in [0.2, 0.25) is 5.91 Å². The predicted molar refractivity (Wildman–Crippen MR) is 81.9 cm³/mol. The van der Waals surface area contributed by atoms with Gasteiger partial charge in [0.05, 0.1) is 7.11 Å². The fraction of sp³-hybridized carbons (Fsp3) is 0.400. The van der Waals surface area contributed by atoms with Gasteiger partial charge in [0.1, 0.15) is 11.8 Å². The molecule has 0 saturated heterocycles. The third kappa shape index (κ3) is 3.55. The summed E-state index contributed by atoms with van der Waals surface area (Å²) in [4.78, 5) is 24.0. The fourth-order valence-corrected chi connectivity index (χ4v) is 2.17. The second kappa shape index (κ2) is 6.93. The predicted octanol–water partition coefficient (Wildman–Crippen LogP) is 0.739. The Labute approximate surface area is 128 Å². The molecule has 0 aliphatic heterocycles. The molecule has 0 bridgehead atoms. The van der Waals surface area contributed by atoms with E-state index in [0.717, 1.165) is 5.69 Å². The van der Waals surface area contributed by atoms with E-state index in [9.17, 15) is 9.59 Å². The van der Waals surface area contributed by atoms with Crippen LogP contribution < -0.4 is 15.6 Å². The Morgan fingerprint density at radius 2 is 2.23 bits per heavy atom. The van der Waals surface area contributed by atoms with Crippen LogP contribution in [0.4, 0.5) is 0 Å². The number of aryl methyl sites for hydroxylation is 1. The van der Waals surface area contributed by atoms with Crippen molar-refractivity contribution < 1.29 is 9.53 Å². The molecule has 0 saturated carbocycles. The van der Waals surface area contributed by atoms with Gasteiger partial charge in [0.15, 0.2) is 0 Å². The minimum absolute atomic E-state index is 0.136. The first-order chi connectivity index (χ1) is 10.5. The van der Waals surface area contributed by atoms with E-state index >= 15 is 0 Å². The molecule has 22 heavy (non-hydrogen) atoms. The maximum Gasteiger partial charge on any atom is 0.254 e. The van der Waals surface area contributed by atoms with Crippen molar-refractivity contribution in [1.29, 1.82) is 0 Å². The second-order valence-electron chi connectivity index (χ2n) is 4.98. The number of hydrogen-bond acceptors (Lipinski definition) is 4. The molecular weight excluding hydrogens is 284 g/mol. The Hall–Kier alpha value is -2.57. The normalized spacial score (nSPS) is 12.0. The van der Waals surface area contributed by atoms with E-state index in [2.05, 4.69) is 10.4 Å². The lowest BCUT2D eigenvalue weighted by molar-refractivity contribution is -0.124. The van der Waals surface area contributed by atoms with E-state index in [1.807, 2.05) is 6.92 Å². The lowest BCUT2D eigenvalue weighted by atomic mass is 10.3. The molecule has 0 fully saturated rings. The third-order valence-electron chi connectivity index (χ3n) is 3.48. The molecular formula is C15H20N4O3. The van der Waals surface area contributed by atoms with Gasteiger partial charge in [-0.1, -0.05) is 0 Å². The molecule has 0 aliphatic rings. The molecule has 7 nitrogen and oxygen atoms in total. The molecule has 1 amide bonds. The Balaban J connectivity index is 1.94. The molecule has 2 heterocycles. The summed E-state index contributed by atoms with van der Waals surface area (Å²) >= 11 is 0. The summed E-state index contributed by atoms with van der Waals surface area (Å²) in [5.41, 5.74) is 0.643. The number of carbonyl (C=O) groups excluding carboxylic acids is 1. The highest BCUT2D eigenvalue weighted by atomic mass is 16.5. The number of amides is 1. The van der Waals surface area contributed by atoms with Gasteiger partial charge in [-0.3, -0.25) is 14.3 Å². The largest absolute Gasteiger partial charge is 0.496 e. The minimum atomic E-state index is -0.385. The molecule has 118 valence electrons. The van der Waals surface area contributed by atoms with Gasteiger partial charge in [-0.2, -0.15) is 5.10 Å². The van der Waals surface area contributed by atoms with E-state index in [1.165, 1.54) is 13.2 Å². The van der Waals surface area contributed by atoms with Crippen LogP contribution in [0.1, 0.15) is 18.7 Å². The van der Waals surface area contributed by atoms with E-state index in [4.69, 9.17) is 4.74 Å². The van der Waals surface area contributed by atoms with Crippen LogP contribution in [-0.2, 0) is 11.3 Å². The lowest BCUT2D eigenvalue weighted by Gasteiger charge is -2.14. The van der Waals surface area contributed by atoms with Crippen LogP contribution in [0.25, 0.3) is 0 Å². The van der Waals surface area contributed by atoms with Crippen molar-refractivity contribution in [2.45, 2.75) is 26.4 Å². The van der Waals surface area contributed by atoms with Gasteiger partial charge in [0.25, 0.3) is 5.56 Å². The highest BCUT2D eigenvalue weighted by Gasteiger charge is 2.14. The van der Waals surface area contributed by atoms with Gasteiger partial charge in [-0.15, -0.1) is 0 Å². The number of methoxy groups -OCH3 is 1. The third-order valence-corrected chi connectivity index (χ3v) is 3.48. The van der Waals surface area contributed by atoms with Crippen molar-refractivity contribution in [3.05, 3.63) is 46.6 Å². The minimum Gasteiger partial charge on any atom is -0.496 e. The monoisotopic (exact) mass is 304 g/mol. The standard InChI is InChI=1S/C15H20N4O3/c1-11-9-13(22-3)10-14(20)18(11)8-6-16-15(21)12(2)19-7-4-5-17-19/h4-5,7,9-10,12H,6,8H2,1-3H3,(H,16,21). The van der Waals surface area contributed by atoms with Crippen LogP contribution in [0.5, 0.6) is 5.75 Å². The zero-order chi connectivity index (χ0) is 16.1. The smallest absolute Gasteiger partial charge is 0.254 e. The number of aromatic nitrogens is 3. The summed E-state index contributed by atoms with van der Waals surface area (Å²) in [5.74, 6) is 0.401. The first-order valence-electron chi connectivity index (χ1n) is 7.05. The van der Waals surface area contributed by atoms with Crippen LogP contribution in [0.15, 0.2) is 35.4 Å². The molecule has 0 spiro atoms. The van der Waals surface area contributed by atoms with Crippen molar-refractivity contribution in [3.8, 4) is 5.75 Å². The number of hydrogen-bond donors (Lipinski definition) is 1. The molecule has 0 aromatic carbocycles. The van der Waals surface area contributed by atoms with Crippen LogP contribution in [0.3, 0.4) is 0 Å². The SMILES string of the molecule is COc1cc(C)n(CCNC(=O)C(C)n2cccn2)c(=O)c1. The second-order valence-corrected chi connectivity index (χ2v) is 4.98. The Kier molecular flexibility index (Phi) is 4.98. The average Bonchev–Trinajstić information content (AvgIpc) is 3.02. The number of nitrogens with zero attached hydrogens (tertiary/aromatic N) is 3. The van der Waals surface area contributed by atoms with E-state index in [-0.39, 0.29) is 17.5 Å². The number of ether oxygens (including phenoxy) is 1. The lowest BCUT2D eigenvalue weighted by Crippen LogP contribution is -2.35. The first kappa shape index (κ1) is 15.8. The van der Waals surface area contributed by atoms with Crippen LogP contribution in [-0.4, -0.2) is 33.9 Å². The first-order valence-corrected chi connectivity index (χ1v) is 7.05. The fourth-order valence-electron chi connectivity index (χ4n) is 2.17. The molecule has 2 rings (SSSR count). The maximum absolute atomic E-state index is 12.0. The summed E-state index contributed by atoms with van der Waals surface area (Å²) in [7, 11) is 1.52. The molecule has 0 aliphatic carbocycles. The van der Waals surface area contributed by atoms with Gasteiger partial charge in [-0.25, -0.2) is 0 Å². The zero-order valence-corrected chi connectivity index (χ0v) is 12.9. The summed E-state index contributed by atoms with van der Waals surface area (Å²) in [6.07, 6.45) is 3.37. The highest BCUT2D eigenvalue weighted by Crippen LogP contribution is 2.08. The van der Waals surface area contributed by atoms with Crippen molar-refractivity contribution in [3.63, 3.8) is 0 Å². The maximum atomic E-state index is 12.0. The quantitative estimate of drug-likeness (QED) is 0.854. The molecule has 2 aromatic rings. The average molecular weight is 304 g/mol. The topological polar surface area (TPSA) is 78.2 Å². The molecule has 0 radical (unpaired) electrons. The molecule has 1 N–H and O–H groups in total. The molecule has 2 aromatic heterocycles. The number of pyridine rings is 1.